The fraction of sp³-hybridized carbons (Fsp3) is 0. The van der Waals surface area contributed by atoms with Crippen molar-refractivity contribution in [2.45, 2.75) is 0 Å². The van der Waals surface area contributed by atoms with E-state index in [1.54, 1.807) is 6.07 Å². The van der Waals surface area contributed by atoms with Crippen LogP contribution >= 0.6 is 0 Å². The minimum absolute atomic E-state index is 0. The Morgan fingerprint density at radius 1 is 1.17 bits per heavy atom. The van der Waals surface area contributed by atoms with Gasteiger partial charge in [0.05, 0.1) is 0 Å². The van der Waals surface area contributed by atoms with Crippen LogP contribution < -0.4 is 63.7 Å². The second-order valence-electron chi connectivity index (χ2n) is 2.20. The van der Waals surface area contributed by atoms with E-state index in [9.17, 15) is 8.63 Å². The van der Waals surface area contributed by atoms with E-state index in [0.717, 1.165) is 5.97 Å². The van der Waals surface area contributed by atoms with E-state index in [1.807, 2.05) is 0 Å². The van der Waals surface area contributed by atoms with E-state index in [4.69, 9.17) is 5.26 Å². The van der Waals surface area contributed by atoms with Crippen LogP contribution in [-0.2, 0) is 0 Å². The summed E-state index contributed by atoms with van der Waals surface area (Å²) in [5, 5.41) is 8.08. The molecule has 5 heteroatoms. The number of nitriles is 1. The van der Waals surface area contributed by atoms with Gasteiger partial charge in [-0.2, -0.15) is 0 Å². The maximum atomic E-state index is 12.6. The van der Waals surface area contributed by atoms with Gasteiger partial charge in [-0.05, 0) is 0 Å². The summed E-state index contributed by atoms with van der Waals surface area (Å²) in [4.78, 5) is 0. The van der Waals surface area contributed by atoms with Crippen LogP contribution in [0.1, 0.15) is 0 Å². The number of rotatable bonds is 1. The van der Waals surface area contributed by atoms with Crippen LogP contribution in [0.2, 0.25) is 0 Å². The normalized spacial score (nSPS) is 9.75. The molecular formula is C7H5BF2NRb. The van der Waals surface area contributed by atoms with Crippen LogP contribution in [0, 0.1) is 11.2 Å². The summed E-state index contributed by atoms with van der Waals surface area (Å²) < 4.78 is 25.2. The van der Waals surface area contributed by atoms with E-state index >= 15 is 0 Å². The van der Waals surface area contributed by atoms with Crippen molar-refractivity contribution in [2.24, 2.45) is 0 Å². The van der Waals surface area contributed by atoms with Gasteiger partial charge in [0.25, 0.3) is 0 Å². The van der Waals surface area contributed by atoms with Crippen molar-refractivity contribution in [3.05, 3.63) is 30.3 Å². The van der Waals surface area contributed by atoms with Crippen LogP contribution in [0.15, 0.2) is 30.3 Å². The van der Waals surface area contributed by atoms with Crippen molar-refractivity contribution in [3.8, 4) is 5.97 Å². The van der Waals surface area contributed by atoms with Crippen LogP contribution in [0.3, 0.4) is 0 Å². The number of halogens is 2. The van der Waals surface area contributed by atoms with Crippen LogP contribution in [0.4, 0.5) is 8.63 Å². The largest absolute Gasteiger partial charge is 1.00 e. The molecule has 0 saturated carbocycles. The first-order valence-electron chi connectivity index (χ1n) is 3.15. The molecule has 0 aliphatic rings. The average Bonchev–Trinajstić information content (AvgIpc) is 2.06. The minimum atomic E-state index is -3.98. The zero-order valence-corrected chi connectivity index (χ0v) is 11.6. The number of benzene rings is 1. The summed E-state index contributed by atoms with van der Waals surface area (Å²) in [6, 6.07) is 7.12. The van der Waals surface area contributed by atoms with E-state index in [1.165, 1.54) is 24.3 Å². The Hall–Kier alpha value is 0.440. The first kappa shape index (κ1) is 12.4. The quantitative estimate of drug-likeness (QED) is 0.537. The molecule has 0 aliphatic carbocycles. The molecule has 0 bridgehead atoms. The first-order valence-corrected chi connectivity index (χ1v) is 3.15. The maximum absolute atomic E-state index is 12.6. The zero-order valence-electron chi connectivity index (χ0n) is 6.67. The number of hydrogen-bond donors (Lipinski definition) is 0. The molecule has 0 unspecified atom stereocenters. The summed E-state index contributed by atoms with van der Waals surface area (Å²) in [6.07, 6.45) is 0. The summed E-state index contributed by atoms with van der Waals surface area (Å²) in [5.74, 6) is 0.987. The van der Waals surface area contributed by atoms with Gasteiger partial charge < -0.3 is 8.63 Å². The van der Waals surface area contributed by atoms with Gasteiger partial charge in [0.2, 0.25) is 0 Å². The Kier molecular flexibility index (Phi) is 5.42. The molecule has 0 fully saturated rings. The molecule has 56 valence electrons. The van der Waals surface area contributed by atoms with Gasteiger partial charge in [-0.3, -0.25) is 0 Å². The monoisotopic (exact) mass is 237 g/mol. The molecule has 1 nitrogen and oxygen atoms in total. The summed E-state index contributed by atoms with van der Waals surface area (Å²) >= 11 is 0. The van der Waals surface area contributed by atoms with Crippen LogP contribution in [0.25, 0.3) is 0 Å². The van der Waals surface area contributed by atoms with Crippen molar-refractivity contribution in [1.82, 2.24) is 0 Å². The van der Waals surface area contributed by atoms with Gasteiger partial charge >= 0.3 is 64.9 Å². The van der Waals surface area contributed by atoms with E-state index in [0.29, 0.717) is 0 Å². The van der Waals surface area contributed by atoms with Crippen molar-refractivity contribution in [1.29, 1.82) is 5.26 Å². The number of nitrogens with zero attached hydrogens (tertiary/aromatic N) is 1. The van der Waals surface area contributed by atoms with Crippen molar-refractivity contribution >= 4 is 12.2 Å². The second kappa shape index (κ2) is 5.23. The van der Waals surface area contributed by atoms with Crippen molar-refractivity contribution < 1.29 is 66.8 Å². The van der Waals surface area contributed by atoms with Gasteiger partial charge in [0.1, 0.15) is 0 Å². The molecule has 0 amide bonds. The average molecular weight is 237 g/mol. The molecule has 0 aromatic heterocycles. The molecule has 1 aromatic rings. The Morgan fingerprint density at radius 2 is 1.67 bits per heavy atom. The predicted octanol–water partition coefficient (Wildman–Crippen LogP) is -1.66. The van der Waals surface area contributed by atoms with Gasteiger partial charge in [0.15, 0.2) is 0 Å². The molecule has 0 saturated heterocycles. The fourth-order valence-corrected chi connectivity index (χ4v) is 0.769. The Bertz CT molecular complexity index is 283. The van der Waals surface area contributed by atoms with E-state index in [-0.39, 0.29) is 63.7 Å². The Balaban J connectivity index is 0.00000121. The standard InChI is InChI=1S/C7H5BF2N.Rb/c9-8(10,6-11)7-4-2-1-3-5-7;/h1-5H;/q-1;+1. The predicted molar refractivity (Wildman–Crippen MR) is 39.7 cm³/mol. The Morgan fingerprint density at radius 3 is 2.08 bits per heavy atom. The van der Waals surface area contributed by atoms with Gasteiger partial charge in [-0.1, -0.05) is 36.3 Å². The summed E-state index contributed by atoms with van der Waals surface area (Å²) in [7, 11) is 0. The molecule has 0 N–H and O–H groups in total. The topological polar surface area (TPSA) is 23.8 Å². The first-order chi connectivity index (χ1) is 5.17. The zero-order chi connectivity index (χ0) is 8.32. The molecule has 12 heavy (non-hydrogen) atoms. The van der Waals surface area contributed by atoms with Gasteiger partial charge in [-0.25, -0.2) is 5.26 Å². The summed E-state index contributed by atoms with van der Waals surface area (Å²) in [6.45, 7) is -3.98. The Labute approximate surface area is 119 Å². The molecule has 0 spiro atoms. The van der Waals surface area contributed by atoms with Gasteiger partial charge in [0, 0.05) is 0 Å². The SMILES string of the molecule is N#C[B-](F)(F)c1ccccc1.[Rb+]. The summed E-state index contributed by atoms with van der Waals surface area (Å²) in [5.41, 5.74) is -0.199. The maximum Gasteiger partial charge on any atom is 1.00 e. The fourth-order valence-electron chi connectivity index (χ4n) is 0.769. The molecular weight excluding hydrogens is 232 g/mol. The molecule has 1 aromatic carbocycles. The molecule has 0 aliphatic heterocycles. The molecule has 1 rings (SSSR count). The van der Waals surface area contributed by atoms with E-state index < -0.39 is 6.70 Å². The van der Waals surface area contributed by atoms with Crippen molar-refractivity contribution in [2.75, 3.05) is 0 Å². The molecule has 0 heterocycles. The second-order valence-corrected chi connectivity index (χ2v) is 2.20. The third-order valence-electron chi connectivity index (χ3n) is 1.38. The van der Waals surface area contributed by atoms with Crippen LogP contribution in [0.5, 0.6) is 0 Å². The van der Waals surface area contributed by atoms with Gasteiger partial charge in [-0.15, -0.1) is 5.46 Å². The third kappa shape index (κ3) is 3.06. The van der Waals surface area contributed by atoms with Crippen LogP contribution in [-0.4, -0.2) is 6.70 Å². The van der Waals surface area contributed by atoms with Crippen molar-refractivity contribution in [3.63, 3.8) is 0 Å². The third-order valence-corrected chi connectivity index (χ3v) is 1.38. The van der Waals surface area contributed by atoms with E-state index in [2.05, 4.69) is 0 Å². The molecule has 0 radical (unpaired) electrons. The number of hydrogen-bond acceptors (Lipinski definition) is 1. The smallest absolute Gasteiger partial charge is 0.461 e. The molecule has 0 atom stereocenters. The minimum Gasteiger partial charge on any atom is -0.461 e.